The third-order valence-corrected chi connectivity index (χ3v) is 4.96. The van der Waals surface area contributed by atoms with Crippen LogP contribution in [0.2, 0.25) is 0 Å². The van der Waals surface area contributed by atoms with Crippen LogP contribution < -0.4 is 15.8 Å². The highest BCUT2D eigenvalue weighted by molar-refractivity contribution is 7.22. The Morgan fingerprint density at radius 1 is 1.33 bits per heavy atom. The van der Waals surface area contributed by atoms with Crippen LogP contribution in [0.1, 0.15) is 23.2 Å². The number of carbonyl (C=O) groups excluding carboxylic acids is 1. The molecule has 2 amide bonds. The van der Waals surface area contributed by atoms with Gasteiger partial charge in [0.25, 0.3) is 0 Å². The van der Waals surface area contributed by atoms with Crippen LogP contribution in [0.5, 0.6) is 0 Å². The minimum Gasteiger partial charge on any atom is -0.477 e. The van der Waals surface area contributed by atoms with Crippen molar-refractivity contribution in [1.82, 2.24) is 5.32 Å². The van der Waals surface area contributed by atoms with Crippen LogP contribution in [-0.2, 0) is 4.74 Å². The van der Waals surface area contributed by atoms with Crippen LogP contribution >= 0.6 is 11.3 Å². The number of urea groups is 1. The Labute approximate surface area is 140 Å². The molecule has 8 nitrogen and oxygen atoms in total. The summed E-state index contributed by atoms with van der Waals surface area (Å²) in [6.07, 6.45) is 1.53. The van der Waals surface area contributed by atoms with Crippen LogP contribution in [-0.4, -0.2) is 43.4 Å². The zero-order chi connectivity index (χ0) is 17.3. The second kappa shape index (κ2) is 6.62. The number of amides is 2. The quantitative estimate of drug-likeness (QED) is 0.873. The minimum absolute atomic E-state index is 0.0691. The Hall–Kier alpha value is -2.39. The first-order valence-electron chi connectivity index (χ1n) is 7.38. The molecule has 1 fully saturated rings. The summed E-state index contributed by atoms with van der Waals surface area (Å²) in [6.45, 7) is 1.25. The summed E-state index contributed by atoms with van der Waals surface area (Å²) in [6, 6.07) is 2.62. The zero-order valence-corrected chi connectivity index (χ0v) is 13.7. The highest BCUT2D eigenvalue weighted by atomic mass is 32.1. The Bertz CT molecular complexity index is 836. The maximum atomic E-state index is 12.3. The predicted molar refractivity (Wildman–Crippen MR) is 88.1 cm³/mol. The summed E-state index contributed by atoms with van der Waals surface area (Å²) in [5, 5.41) is 12.5. The van der Waals surface area contributed by atoms with E-state index in [1.165, 1.54) is 22.3 Å². The number of thiophene rings is 1. The summed E-state index contributed by atoms with van der Waals surface area (Å²) in [4.78, 5) is 36.3. The number of carboxylic acids is 1. The van der Waals surface area contributed by atoms with Gasteiger partial charge in [0.15, 0.2) is 5.58 Å². The molecule has 0 atom stereocenters. The van der Waals surface area contributed by atoms with Crippen molar-refractivity contribution in [2.24, 2.45) is 0 Å². The first kappa shape index (κ1) is 16.5. The lowest BCUT2D eigenvalue weighted by Crippen LogP contribution is -2.45. The molecule has 0 radical (unpaired) electrons. The fraction of sp³-hybridized carbons (Fsp3) is 0.400. The van der Waals surface area contributed by atoms with Gasteiger partial charge in [-0.05, 0) is 18.9 Å². The molecule has 0 aliphatic carbocycles. The summed E-state index contributed by atoms with van der Waals surface area (Å²) >= 11 is 1.18. The van der Waals surface area contributed by atoms with E-state index in [0.29, 0.717) is 22.9 Å². The van der Waals surface area contributed by atoms with Crippen molar-refractivity contribution in [3.8, 4) is 0 Å². The number of fused-ring (bicyclic) bond motifs is 1. The molecule has 9 heteroatoms. The smallest absolute Gasteiger partial charge is 0.351 e. The van der Waals surface area contributed by atoms with Gasteiger partial charge in [-0.1, -0.05) is 0 Å². The lowest BCUT2D eigenvalue weighted by Gasteiger charge is -2.25. The minimum atomic E-state index is -1.34. The second-order valence-corrected chi connectivity index (χ2v) is 6.52. The molecule has 2 N–H and O–H groups in total. The number of carbonyl (C=O) groups is 2. The van der Waals surface area contributed by atoms with E-state index in [1.807, 2.05) is 0 Å². The van der Waals surface area contributed by atoms with Gasteiger partial charge in [0.2, 0.25) is 0 Å². The molecule has 1 aliphatic heterocycles. The first-order chi connectivity index (χ1) is 11.5. The molecule has 0 spiro atoms. The van der Waals surface area contributed by atoms with Gasteiger partial charge < -0.3 is 19.6 Å². The van der Waals surface area contributed by atoms with Crippen molar-refractivity contribution in [2.75, 3.05) is 25.2 Å². The number of ether oxygens (including phenoxy) is 1. The third-order valence-electron chi connectivity index (χ3n) is 3.82. The molecule has 24 heavy (non-hydrogen) atoms. The van der Waals surface area contributed by atoms with Gasteiger partial charge >= 0.3 is 17.6 Å². The van der Waals surface area contributed by atoms with Crippen LogP contribution in [0.3, 0.4) is 0 Å². The SMILES string of the molecule is CN(C(=O)NC1CCOCC1)c1cc2oc(=O)c(C(=O)O)cc2s1. The molecule has 1 aliphatic rings. The fourth-order valence-electron chi connectivity index (χ4n) is 2.43. The number of hydrogen-bond donors (Lipinski definition) is 2. The van der Waals surface area contributed by atoms with Crippen molar-refractivity contribution < 1.29 is 23.8 Å². The van der Waals surface area contributed by atoms with Gasteiger partial charge in [0.1, 0.15) is 10.6 Å². The molecule has 0 bridgehead atoms. The molecule has 0 aromatic carbocycles. The van der Waals surface area contributed by atoms with E-state index in [2.05, 4.69) is 5.32 Å². The topological polar surface area (TPSA) is 109 Å². The summed E-state index contributed by atoms with van der Waals surface area (Å²) in [7, 11) is 1.61. The molecule has 128 valence electrons. The van der Waals surface area contributed by atoms with Gasteiger partial charge in [0.05, 0.1) is 4.70 Å². The van der Waals surface area contributed by atoms with E-state index in [9.17, 15) is 14.4 Å². The molecule has 3 rings (SSSR count). The van der Waals surface area contributed by atoms with Crippen molar-refractivity contribution in [1.29, 1.82) is 0 Å². The van der Waals surface area contributed by atoms with Gasteiger partial charge in [-0.2, -0.15) is 0 Å². The number of anilines is 1. The first-order valence-corrected chi connectivity index (χ1v) is 8.20. The number of nitrogens with zero attached hydrogens (tertiary/aromatic N) is 1. The summed E-state index contributed by atoms with van der Waals surface area (Å²) < 4.78 is 10.8. The number of carboxylic acid groups (broad SMARTS) is 1. The van der Waals surface area contributed by atoms with Crippen molar-refractivity contribution in [3.63, 3.8) is 0 Å². The Morgan fingerprint density at radius 2 is 2.04 bits per heavy atom. The van der Waals surface area contributed by atoms with Crippen LogP contribution in [0.15, 0.2) is 21.3 Å². The molecule has 2 aromatic heterocycles. The number of rotatable bonds is 3. The Morgan fingerprint density at radius 3 is 2.71 bits per heavy atom. The van der Waals surface area contributed by atoms with E-state index in [0.717, 1.165) is 12.8 Å². The monoisotopic (exact) mass is 352 g/mol. The molecule has 3 heterocycles. The number of hydrogen-bond acceptors (Lipinski definition) is 6. The largest absolute Gasteiger partial charge is 0.477 e. The normalized spacial score (nSPS) is 15.4. The zero-order valence-electron chi connectivity index (χ0n) is 12.9. The van der Waals surface area contributed by atoms with Crippen LogP contribution in [0.25, 0.3) is 10.3 Å². The summed E-state index contributed by atoms with van der Waals surface area (Å²) in [5.41, 5.74) is -1.07. The van der Waals surface area contributed by atoms with Gasteiger partial charge in [-0.3, -0.25) is 4.90 Å². The van der Waals surface area contributed by atoms with Gasteiger partial charge in [0, 0.05) is 32.4 Å². The van der Waals surface area contributed by atoms with Gasteiger partial charge in [-0.25, -0.2) is 14.4 Å². The highest BCUT2D eigenvalue weighted by Crippen LogP contribution is 2.31. The molecule has 0 saturated carbocycles. The van der Waals surface area contributed by atoms with Crippen LogP contribution in [0, 0.1) is 0 Å². The standard InChI is InChI=1S/C15H16N2O6S/c1-17(15(21)16-8-2-4-22-5-3-8)12-7-10-11(24-12)6-9(13(18)19)14(20)23-10/h6-8H,2-5H2,1H3,(H,16,21)(H,18,19). The summed E-state index contributed by atoms with van der Waals surface area (Å²) in [5.74, 6) is -1.34. The predicted octanol–water partition coefficient (Wildman–Crippen LogP) is 1.88. The highest BCUT2D eigenvalue weighted by Gasteiger charge is 2.21. The molecular weight excluding hydrogens is 336 g/mol. The van der Waals surface area contributed by atoms with E-state index >= 15 is 0 Å². The molecule has 1 saturated heterocycles. The van der Waals surface area contributed by atoms with E-state index in [-0.39, 0.29) is 17.7 Å². The fourth-order valence-corrected chi connectivity index (χ4v) is 3.42. The average Bonchev–Trinajstić information content (AvgIpc) is 2.96. The van der Waals surface area contributed by atoms with Crippen molar-refractivity contribution in [3.05, 3.63) is 28.1 Å². The number of nitrogens with one attached hydrogen (secondary N) is 1. The lowest BCUT2D eigenvalue weighted by atomic mass is 10.1. The van der Waals surface area contributed by atoms with Crippen molar-refractivity contribution >= 4 is 38.6 Å². The van der Waals surface area contributed by atoms with Crippen molar-refractivity contribution in [2.45, 2.75) is 18.9 Å². The Kier molecular flexibility index (Phi) is 4.54. The van der Waals surface area contributed by atoms with Crippen LogP contribution in [0.4, 0.5) is 9.80 Å². The molecular formula is C15H16N2O6S. The second-order valence-electron chi connectivity index (χ2n) is 5.46. The molecule has 2 aromatic rings. The number of aromatic carboxylic acids is 1. The third kappa shape index (κ3) is 3.26. The Balaban J connectivity index is 1.81. The maximum Gasteiger partial charge on any atom is 0.351 e. The maximum absolute atomic E-state index is 12.3. The van der Waals surface area contributed by atoms with Gasteiger partial charge in [-0.15, -0.1) is 11.3 Å². The lowest BCUT2D eigenvalue weighted by molar-refractivity contribution is 0.0692. The van der Waals surface area contributed by atoms with E-state index in [1.54, 1.807) is 13.1 Å². The average molecular weight is 352 g/mol. The van der Waals surface area contributed by atoms with E-state index in [4.69, 9.17) is 14.3 Å². The molecule has 0 unspecified atom stereocenters. The van der Waals surface area contributed by atoms with E-state index < -0.39 is 17.2 Å².